The number of benzene rings is 1. The highest BCUT2D eigenvalue weighted by molar-refractivity contribution is 5.77. The molecule has 1 aliphatic heterocycles. The van der Waals surface area contributed by atoms with Gasteiger partial charge in [0.25, 0.3) is 0 Å². The smallest absolute Gasteiger partial charge is 0.0924 e. The lowest BCUT2D eigenvalue weighted by atomic mass is 10.0. The van der Waals surface area contributed by atoms with Crippen LogP contribution in [0, 0.1) is 5.41 Å². The average molecular weight is 247 g/mol. The average Bonchev–Trinajstić information content (AvgIpc) is 2.85. The van der Waals surface area contributed by atoms with Crippen LogP contribution in [0.25, 0.3) is 0 Å². The van der Waals surface area contributed by atoms with E-state index in [-0.39, 0.29) is 11.9 Å². The lowest BCUT2D eigenvalue weighted by Gasteiger charge is -2.27. The van der Waals surface area contributed by atoms with Crippen LogP contribution in [0.4, 0.5) is 0 Å². The van der Waals surface area contributed by atoms with Gasteiger partial charge in [-0.1, -0.05) is 30.3 Å². The zero-order valence-electron chi connectivity index (χ0n) is 10.8. The quantitative estimate of drug-likeness (QED) is 0.616. The van der Waals surface area contributed by atoms with Gasteiger partial charge in [0, 0.05) is 32.7 Å². The minimum absolute atomic E-state index is 0.198. The third-order valence-electron chi connectivity index (χ3n) is 3.55. The van der Waals surface area contributed by atoms with E-state index in [1.54, 1.807) is 7.11 Å². The van der Waals surface area contributed by atoms with Gasteiger partial charge >= 0.3 is 0 Å². The number of methoxy groups -OCH3 is 1. The molecule has 0 spiro atoms. The summed E-state index contributed by atoms with van der Waals surface area (Å²) in [6.07, 6.45) is 1.95. The Hall–Kier alpha value is -1.39. The first kappa shape index (κ1) is 13.1. The van der Waals surface area contributed by atoms with Gasteiger partial charge < -0.3 is 10.5 Å². The van der Waals surface area contributed by atoms with E-state index in [9.17, 15) is 0 Å². The van der Waals surface area contributed by atoms with Gasteiger partial charge in [0.15, 0.2) is 0 Å². The van der Waals surface area contributed by atoms with Gasteiger partial charge in [-0.2, -0.15) is 0 Å². The van der Waals surface area contributed by atoms with E-state index in [0.717, 1.165) is 19.5 Å². The van der Waals surface area contributed by atoms with Gasteiger partial charge in [0.05, 0.1) is 11.9 Å². The fraction of sp³-hybridized carbons (Fsp3) is 0.500. The summed E-state index contributed by atoms with van der Waals surface area (Å²) in [4.78, 5) is 2.37. The molecule has 2 unspecified atom stereocenters. The number of amidine groups is 1. The first-order chi connectivity index (χ1) is 8.70. The maximum atomic E-state index is 7.55. The number of hydrogen-bond donors (Lipinski definition) is 2. The molecule has 18 heavy (non-hydrogen) atoms. The molecular formula is C14H21N3O. The molecule has 1 saturated heterocycles. The molecule has 4 nitrogen and oxygen atoms in total. The van der Waals surface area contributed by atoms with Crippen LogP contribution in [0.5, 0.6) is 0 Å². The Balaban J connectivity index is 2.13. The van der Waals surface area contributed by atoms with Gasteiger partial charge in [-0.05, 0) is 12.0 Å². The van der Waals surface area contributed by atoms with Crippen molar-refractivity contribution in [1.82, 2.24) is 4.90 Å². The third-order valence-corrected chi connectivity index (χ3v) is 3.55. The van der Waals surface area contributed by atoms with Crippen LogP contribution in [0.1, 0.15) is 24.4 Å². The second-order valence-electron chi connectivity index (χ2n) is 4.80. The van der Waals surface area contributed by atoms with E-state index in [2.05, 4.69) is 17.0 Å². The molecule has 1 heterocycles. The highest BCUT2D eigenvalue weighted by atomic mass is 16.5. The Kier molecular flexibility index (Phi) is 4.33. The van der Waals surface area contributed by atoms with Crippen LogP contribution in [-0.4, -0.2) is 37.0 Å². The SMILES string of the molecule is COC1CCN(C(CC(=N)N)c2ccccc2)C1. The molecule has 98 valence electrons. The van der Waals surface area contributed by atoms with E-state index in [1.807, 2.05) is 18.2 Å². The second kappa shape index (κ2) is 5.98. The van der Waals surface area contributed by atoms with Gasteiger partial charge in [0.2, 0.25) is 0 Å². The van der Waals surface area contributed by atoms with E-state index < -0.39 is 0 Å². The van der Waals surface area contributed by atoms with Crippen molar-refractivity contribution in [2.75, 3.05) is 20.2 Å². The molecular weight excluding hydrogens is 226 g/mol. The van der Waals surface area contributed by atoms with Crippen LogP contribution in [0.2, 0.25) is 0 Å². The summed E-state index contributed by atoms with van der Waals surface area (Å²) in [5.41, 5.74) is 6.82. The summed E-state index contributed by atoms with van der Waals surface area (Å²) in [5.74, 6) is 0.240. The van der Waals surface area contributed by atoms with Crippen LogP contribution in [0.3, 0.4) is 0 Å². The number of nitrogens with zero attached hydrogens (tertiary/aromatic N) is 1. The van der Waals surface area contributed by atoms with Crippen molar-refractivity contribution in [3.63, 3.8) is 0 Å². The number of likely N-dealkylation sites (tertiary alicyclic amines) is 1. The Morgan fingerprint density at radius 3 is 2.78 bits per heavy atom. The van der Waals surface area contributed by atoms with Crippen LogP contribution < -0.4 is 5.73 Å². The molecule has 1 aliphatic rings. The first-order valence-corrected chi connectivity index (χ1v) is 6.35. The Labute approximate surface area is 108 Å². The van der Waals surface area contributed by atoms with Crippen molar-refractivity contribution in [3.05, 3.63) is 35.9 Å². The van der Waals surface area contributed by atoms with Crippen molar-refractivity contribution in [1.29, 1.82) is 5.41 Å². The fourth-order valence-corrected chi connectivity index (χ4v) is 2.57. The zero-order valence-corrected chi connectivity index (χ0v) is 10.8. The molecule has 2 atom stereocenters. The summed E-state index contributed by atoms with van der Waals surface area (Å²) in [6.45, 7) is 1.93. The third kappa shape index (κ3) is 3.09. The largest absolute Gasteiger partial charge is 0.388 e. The number of rotatable bonds is 5. The van der Waals surface area contributed by atoms with Crippen molar-refractivity contribution in [3.8, 4) is 0 Å². The summed E-state index contributed by atoms with van der Waals surface area (Å²) in [7, 11) is 1.76. The van der Waals surface area contributed by atoms with Gasteiger partial charge in [-0.25, -0.2) is 0 Å². The molecule has 0 bridgehead atoms. The number of hydrogen-bond acceptors (Lipinski definition) is 3. The monoisotopic (exact) mass is 247 g/mol. The molecule has 0 aromatic heterocycles. The minimum atomic E-state index is 0.198. The molecule has 1 aromatic carbocycles. The maximum Gasteiger partial charge on any atom is 0.0924 e. The van der Waals surface area contributed by atoms with Crippen molar-refractivity contribution in [2.24, 2.45) is 5.73 Å². The molecule has 3 N–H and O–H groups in total. The van der Waals surface area contributed by atoms with Crippen molar-refractivity contribution < 1.29 is 4.74 Å². The summed E-state index contributed by atoms with van der Waals surface area (Å²) in [5, 5.41) is 7.55. The van der Waals surface area contributed by atoms with Gasteiger partial charge in [-0.15, -0.1) is 0 Å². The molecule has 4 heteroatoms. The molecule has 0 aliphatic carbocycles. The molecule has 2 rings (SSSR count). The van der Waals surface area contributed by atoms with E-state index in [0.29, 0.717) is 12.5 Å². The lowest BCUT2D eigenvalue weighted by molar-refractivity contribution is 0.101. The van der Waals surface area contributed by atoms with Crippen molar-refractivity contribution >= 4 is 5.84 Å². The lowest BCUT2D eigenvalue weighted by Crippen LogP contribution is -2.31. The number of ether oxygens (including phenoxy) is 1. The highest BCUT2D eigenvalue weighted by Crippen LogP contribution is 2.28. The van der Waals surface area contributed by atoms with Gasteiger partial charge in [0.1, 0.15) is 0 Å². The molecule has 1 fully saturated rings. The standard InChI is InChI=1S/C14H21N3O/c1-18-12-7-8-17(10-12)13(9-14(15)16)11-5-3-2-4-6-11/h2-6,12-13H,7-10H2,1H3,(H3,15,16). The highest BCUT2D eigenvalue weighted by Gasteiger charge is 2.29. The summed E-state index contributed by atoms with van der Waals surface area (Å²) >= 11 is 0. The topological polar surface area (TPSA) is 62.3 Å². The van der Waals surface area contributed by atoms with Crippen LogP contribution in [0.15, 0.2) is 30.3 Å². The Morgan fingerprint density at radius 1 is 1.50 bits per heavy atom. The van der Waals surface area contributed by atoms with Gasteiger partial charge in [-0.3, -0.25) is 10.3 Å². The molecule has 0 radical (unpaired) electrons. The zero-order chi connectivity index (χ0) is 13.0. The van der Waals surface area contributed by atoms with Crippen LogP contribution >= 0.6 is 0 Å². The molecule has 0 saturated carbocycles. The normalized spacial score (nSPS) is 21.9. The van der Waals surface area contributed by atoms with Crippen LogP contribution in [-0.2, 0) is 4.74 Å². The Bertz CT molecular complexity index is 393. The van der Waals surface area contributed by atoms with E-state index in [1.165, 1.54) is 5.56 Å². The molecule has 0 amide bonds. The maximum absolute atomic E-state index is 7.55. The summed E-state index contributed by atoms with van der Waals surface area (Å²) < 4.78 is 5.41. The van der Waals surface area contributed by atoms with Crippen molar-refractivity contribution in [2.45, 2.75) is 25.0 Å². The number of nitrogens with two attached hydrogens (primary N) is 1. The fourth-order valence-electron chi connectivity index (χ4n) is 2.57. The molecule has 1 aromatic rings. The Morgan fingerprint density at radius 2 is 2.22 bits per heavy atom. The van der Waals surface area contributed by atoms with E-state index >= 15 is 0 Å². The summed E-state index contributed by atoms with van der Waals surface area (Å²) in [6, 6.07) is 10.5. The predicted molar refractivity (Wildman–Crippen MR) is 72.7 cm³/mol. The first-order valence-electron chi connectivity index (χ1n) is 6.35. The number of nitrogens with one attached hydrogen (secondary N) is 1. The van der Waals surface area contributed by atoms with E-state index in [4.69, 9.17) is 15.9 Å². The second-order valence-corrected chi connectivity index (χ2v) is 4.80. The predicted octanol–water partition coefficient (Wildman–Crippen LogP) is 1.77. The minimum Gasteiger partial charge on any atom is -0.388 e.